The molecule has 11 heavy (non-hydrogen) atoms. The second-order valence-electron chi connectivity index (χ2n) is 3.10. The Balaban J connectivity index is 3.10. The van der Waals surface area contributed by atoms with Crippen molar-refractivity contribution in [3.63, 3.8) is 0 Å². The van der Waals surface area contributed by atoms with Crippen LogP contribution < -0.4 is 5.32 Å². The number of hydrogen-bond acceptors (Lipinski definition) is 2. The van der Waals surface area contributed by atoms with E-state index in [0.29, 0.717) is 12.5 Å². The van der Waals surface area contributed by atoms with E-state index in [4.69, 9.17) is 16.3 Å². The van der Waals surface area contributed by atoms with Gasteiger partial charge in [-0.15, -0.1) is 11.6 Å². The fraction of sp³-hybridized carbons (Fsp3) is 1.00. The largest absolute Gasteiger partial charge is 0.383 e. The van der Waals surface area contributed by atoms with Gasteiger partial charge in [-0.3, -0.25) is 0 Å². The number of rotatable bonds is 6. The van der Waals surface area contributed by atoms with Crippen molar-refractivity contribution in [3.05, 3.63) is 0 Å². The van der Waals surface area contributed by atoms with E-state index in [-0.39, 0.29) is 5.38 Å². The molecule has 0 aliphatic rings. The van der Waals surface area contributed by atoms with Crippen LogP contribution in [0.15, 0.2) is 0 Å². The van der Waals surface area contributed by atoms with Crippen LogP contribution in [0.3, 0.4) is 0 Å². The maximum Gasteiger partial charge on any atom is 0.0693 e. The molecule has 0 aliphatic carbocycles. The van der Waals surface area contributed by atoms with Crippen LogP contribution in [0, 0.1) is 5.92 Å². The lowest BCUT2D eigenvalue weighted by Gasteiger charge is -2.10. The molecule has 0 saturated carbocycles. The molecule has 3 heteroatoms. The molecule has 0 radical (unpaired) electrons. The van der Waals surface area contributed by atoms with Gasteiger partial charge in [0.05, 0.1) is 12.0 Å². The molecule has 0 bridgehead atoms. The first-order valence-electron chi connectivity index (χ1n) is 4.00. The molecular weight excluding hydrogens is 162 g/mol. The summed E-state index contributed by atoms with van der Waals surface area (Å²) >= 11 is 5.88. The number of methoxy groups -OCH3 is 1. The van der Waals surface area contributed by atoms with Gasteiger partial charge >= 0.3 is 0 Å². The highest BCUT2D eigenvalue weighted by Crippen LogP contribution is 1.94. The molecule has 0 saturated heterocycles. The molecule has 0 aromatic heterocycles. The predicted molar refractivity (Wildman–Crippen MR) is 49.2 cm³/mol. The fourth-order valence-corrected chi connectivity index (χ4v) is 1.00. The van der Waals surface area contributed by atoms with E-state index in [0.717, 1.165) is 13.1 Å². The minimum absolute atomic E-state index is 0.0961. The highest BCUT2D eigenvalue weighted by Gasteiger charge is 2.02. The number of halogens is 1. The number of ether oxygens (including phenoxy) is 1. The lowest BCUT2D eigenvalue weighted by molar-refractivity contribution is 0.196. The summed E-state index contributed by atoms with van der Waals surface area (Å²) in [4.78, 5) is 0. The second-order valence-corrected chi connectivity index (χ2v) is 3.72. The molecule has 0 aromatic rings. The third kappa shape index (κ3) is 8.11. The molecule has 2 nitrogen and oxygen atoms in total. The number of alkyl halides is 1. The summed E-state index contributed by atoms with van der Waals surface area (Å²) in [5, 5.41) is 3.35. The summed E-state index contributed by atoms with van der Waals surface area (Å²) in [6.07, 6.45) is 0. The zero-order valence-corrected chi connectivity index (χ0v) is 8.32. The minimum Gasteiger partial charge on any atom is -0.383 e. The van der Waals surface area contributed by atoms with Crippen molar-refractivity contribution < 1.29 is 4.74 Å². The van der Waals surface area contributed by atoms with Crippen LogP contribution in [0.25, 0.3) is 0 Å². The topological polar surface area (TPSA) is 21.3 Å². The van der Waals surface area contributed by atoms with Crippen molar-refractivity contribution >= 4 is 11.6 Å². The Morgan fingerprint density at radius 3 is 2.45 bits per heavy atom. The molecule has 1 N–H and O–H groups in total. The zero-order chi connectivity index (χ0) is 8.69. The summed E-state index contributed by atoms with van der Waals surface area (Å²) in [6.45, 7) is 6.81. The van der Waals surface area contributed by atoms with Gasteiger partial charge in [0.2, 0.25) is 0 Å². The number of hydrogen-bond donors (Lipinski definition) is 1. The maximum atomic E-state index is 5.88. The highest BCUT2D eigenvalue weighted by molar-refractivity contribution is 6.20. The lowest BCUT2D eigenvalue weighted by Crippen LogP contribution is -2.29. The quantitative estimate of drug-likeness (QED) is 0.624. The molecule has 0 rings (SSSR count). The third-order valence-corrected chi connectivity index (χ3v) is 1.55. The van der Waals surface area contributed by atoms with Crippen molar-refractivity contribution in [1.29, 1.82) is 0 Å². The molecule has 0 fully saturated rings. The smallest absolute Gasteiger partial charge is 0.0693 e. The van der Waals surface area contributed by atoms with Crippen LogP contribution in [0.2, 0.25) is 0 Å². The van der Waals surface area contributed by atoms with Gasteiger partial charge in [0.15, 0.2) is 0 Å². The summed E-state index contributed by atoms with van der Waals surface area (Å²) in [6, 6.07) is 0. The standard InChI is InChI=1S/C8H18ClNO/c1-7(2)4-10-5-8(9)6-11-3/h7-8,10H,4-6H2,1-3H3. The van der Waals surface area contributed by atoms with E-state index in [1.807, 2.05) is 0 Å². The van der Waals surface area contributed by atoms with Gasteiger partial charge in [-0.2, -0.15) is 0 Å². The van der Waals surface area contributed by atoms with Crippen LogP contribution in [0.5, 0.6) is 0 Å². The normalized spacial score (nSPS) is 13.9. The SMILES string of the molecule is COCC(Cl)CNCC(C)C. The Morgan fingerprint density at radius 2 is 2.00 bits per heavy atom. The molecule has 0 aromatic carbocycles. The first-order valence-corrected chi connectivity index (χ1v) is 4.44. The Bertz CT molecular complexity index is 88.2. The van der Waals surface area contributed by atoms with Crippen LogP contribution in [0.1, 0.15) is 13.8 Å². The average Bonchev–Trinajstić information content (AvgIpc) is 1.87. The lowest BCUT2D eigenvalue weighted by atomic mass is 10.2. The minimum atomic E-state index is 0.0961. The van der Waals surface area contributed by atoms with Crippen LogP contribution in [-0.2, 0) is 4.74 Å². The summed E-state index contributed by atoms with van der Waals surface area (Å²) in [5.41, 5.74) is 0. The van der Waals surface area contributed by atoms with Crippen molar-refractivity contribution in [2.75, 3.05) is 26.8 Å². The van der Waals surface area contributed by atoms with E-state index in [1.54, 1.807) is 7.11 Å². The van der Waals surface area contributed by atoms with Crippen LogP contribution in [0.4, 0.5) is 0 Å². The molecule has 1 atom stereocenters. The Hall–Kier alpha value is 0.210. The van der Waals surface area contributed by atoms with Crippen molar-refractivity contribution in [3.8, 4) is 0 Å². The van der Waals surface area contributed by atoms with Crippen molar-refractivity contribution in [2.45, 2.75) is 19.2 Å². The predicted octanol–water partition coefficient (Wildman–Crippen LogP) is 1.49. The first kappa shape index (κ1) is 11.2. The summed E-state index contributed by atoms with van der Waals surface area (Å²) < 4.78 is 4.89. The van der Waals surface area contributed by atoms with Gasteiger partial charge in [-0.05, 0) is 12.5 Å². The van der Waals surface area contributed by atoms with Crippen molar-refractivity contribution in [1.82, 2.24) is 5.32 Å². The Kier molecular flexibility index (Phi) is 7.02. The van der Waals surface area contributed by atoms with Gasteiger partial charge in [0.25, 0.3) is 0 Å². The summed E-state index contributed by atoms with van der Waals surface area (Å²) in [7, 11) is 1.66. The number of nitrogens with one attached hydrogen (secondary N) is 1. The highest BCUT2D eigenvalue weighted by atomic mass is 35.5. The van der Waals surface area contributed by atoms with Crippen LogP contribution >= 0.6 is 11.6 Å². The molecule has 68 valence electrons. The van der Waals surface area contributed by atoms with E-state index < -0.39 is 0 Å². The van der Waals surface area contributed by atoms with E-state index >= 15 is 0 Å². The fourth-order valence-electron chi connectivity index (χ4n) is 0.768. The first-order chi connectivity index (χ1) is 5.16. The van der Waals surface area contributed by atoms with Gasteiger partial charge in [0.1, 0.15) is 0 Å². The van der Waals surface area contributed by atoms with Gasteiger partial charge in [-0.1, -0.05) is 13.8 Å². The summed E-state index contributed by atoms with van der Waals surface area (Å²) in [5.74, 6) is 0.682. The van der Waals surface area contributed by atoms with E-state index in [1.165, 1.54) is 0 Å². The zero-order valence-electron chi connectivity index (χ0n) is 7.56. The van der Waals surface area contributed by atoms with Gasteiger partial charge in [0, 0.05) is 13.7 Å². The molecule has 1 unspecified atom stereocenters. The maximum absolute atomic E-state index is 5.88. The average molecular weight is 180 g/mol. The monoisotopic (exact) mass is 179 g/mol. The molecule has 0 spiro atoms. The van der Waals surface area contributed by atoms with Crippen molar-refractivity contribution in [2.24, 2.45) is 5.92 Å². The van der Waals surface area contributed by atoms with E-state index in [2.05, 4.69) is 19.2 Å². The van der Waals surface area contributed by atoms with Gasteiger partial charge in [-0.25, -0.2) is 0 Å². The Labute approximate surface area is 74.3 Å². The molecular formula is C8H18ClNO. The molecule has 0 heterocycles. The molecule has 0 aliphatic heterocycles. The molecule has 0 amide bonds. The van der Waals surface area contributed by atoms with Crippen LogP contribution in [-0.4, -0.2) is 32.2 Å². The van der Waals surface area contributed by atoms with Gasteiger partial charge < -0.3 is 10.1 Å². The second kappa shape index (κ2) is 6.89. The van der Waals surface area contributed by atoms with E-state index in [9.17, 15) is 0 Å². The third-order valence-electron chi connectivity index (χ3n) is 1.27. The Morgan fingerprint density at radius 1 is 1.36 bits per heavy atom.